The van der Waals surface area contributed by atoms with E-state index in [0.717, 1.165) is 17.9 Å². The Morgan fingerprint density at radius 3 is 2.40 bits per heavy atom. The molecule has 0 saturated heterocycles. The molecule has 15 heavy (non-hydrogen) atoms. The summed E-state index contributed by atoms with van der Waals surface area (Å²) in [5.41, 5.74) is 0.679. The van der Waals surface area contributed by atoms with Gasteiger partial charge in [0.15, 0.2) is 0 Å². The van der Waals surface area contributed by atoms with Gasteiger partial charge < -0.3 is 5.32 Å². The molecule has 0 radical (unpaired) electrons. The van der Waals surface area contributed by atoms with Crippen molar-refractivity contribution in [1.29, 1.82) is 0 Å². The van der Waals surface area contributed by atoms with Crippen molar-refractivity contribution >= 4 is 0 Å². The Morgan fingerprint density at radius 2 is 1.87 bits per heavy atom. The van der Waals surface area contributed by atoms with Crippen LogP contribution < -0.4 is 5.32 Å². The Hall–Kier alpha value is -0.0400. The summed E-state index contributed by atoms with van der Waals surface area (Å²) in [6.45, 7) is 4.92. The van der Waals surface area contributed by atoms with Crippen LogP contribution in [0.15, 0.2) is 0 Å². The van der Waals surface area contributed by atoms with E-state index in [9.17, 15) is 0 Å². The van der Waals surface area contributed by atoms with Gasteiger partial charge in [-0.2, -0.15) is 0 Å². The maximum absolute atomic E-state index is 3.51. The molecule has 88 valence electrons. The van der Waals surface area contributed by atoms with Crippen molar-refractivity contribution in [3.63, 3.8) is 0 Å². The number of nitrogens with one attached hydrogen (secondary N) is 1. The highest BCUT2D eigenvalue weighted by Gasteiger charge is 2.41. The average Bonchev–Trinajstić information content (AvgIpc) is 2.18. The molecule has 2 aliphatic rings. The van der Waals surface area contributed by atoms with E-state index in [2.05, 4.69) is 26.2 Å². The molecule has 2 rings (SSSR count). The fourth-order valence-corrected chi connectivity index (χ4v) is 4.01. The molecule has 2 aliphatic carbocycles. The molecule has 0 spiro atoms. The zero-order chi connectivity index (χ0) is 10.9. The van der Waals surface area contributed by atoms with Crippen LogP contribution >= 0.6 is 0 Å². The van der Waals surface area contributed by atoms with Crippen LogP contribution in [0.1, 0.15) is 58.8 Å². The van der Waals surface area contributed by atoms with E-state index < -0.39 is 0 Å². The molecule has 0 aliphatic heterocycles. The molecule has 0 aromatic carbocycles. The van der Waals surface area contributed by atoms with Gasteiger partial charge in [-0.3, -0.25) is 0 Å². The zero-order valence-corrected chi connectivity index (χ0v) is 10.7. The van der Waals surface area contributed by atoms with Gasteiger partial charge in [0.05, 0.1) is 0 Å². The largest absolute Gasteiger partial charge is 0.316 e. The van der Waals surface area contributed by atoms with E-state index >= 15 is 0 Å². The minimum atomic E-state index is 0.679. The fraction of sp³-hybridized carbons (Fsp3) is 1.00. The van der Waals surface area contributed by atoms with Crippen molar-refractivity contribution in [3.05, 3.63) is 0 Å². The minimum absolute atomic E-state index is 0.679. The van der Waals surface area contributed by atoms with E-state index in [4.69, 9.17) is 0 Å². The highest BCUT2D eigenvalue weighted by Crippen LogP contribution is 2.47. The Bertz CT molecular complexity index is 205. The highest BCUT2D eigenvalue weighted by molar-refractivity contribution is 4.95. The Labute approximate surface area is 95.0 Å². The first-order chi connectivity index (χ1) is 7.14. The van der Waals surface area contributed by atoms with Crippen molar-refractivity contribution in [2.24, 2.45) is 17.3 Å². The van der Waals surface area contributed by atoms with Gasteiger partial charge in [0.1, 0.15) is 0 Å². The minimum Gasteiger partial charge on any atom is -0.316 e. The summed E-state index contributed by atoms with van der Waals surface area (Å²) in [5.74, 6) is 1.88. The zero-order valence-electron chi connectivity index (χ0n) is 10.7. The molecule has 0 heterocycles. The van der Waals surface area contributed by atoms with Gasteiger partial charge >= 0.3 is 0 Å². The third-order valence-corrected chi connectivity index (χ3v) is 4.94. The normalized spacial score (nSPS) is 39.8. The van der Waals surface area contributed by atoms with Gasteiger partial charge in [-0.1, -0.05) is 33.1 Å². The van der Waals surface area contributed by atoms with E-state index in [-0.39, 0.29) is 0 Å². The standard InChI is InChI=1S/C14H27N/c1-11-9-12(13(11)15-3)10-14(2)7-5-4-6-8-14/h11-13,15H,4-10H2,1-3H3. The van der Waals surface area contributed by atoms with Crippen LogP contribution in [-0.2, 0) is 0 Å². The molecule has 0 aromatic rings. The first kappa shape index (κ1) is 11.4. The van der Waals surface area contributed by atoms with Crippen molar-refractivity contribution in [3.8, 4) is 0 Å². The van der Waals surface area contributed by atoms with Crippen LogP contribution in [-0.4, -0.2) is 13.1 Å². The van der Waals surface area contributed by atoms with Crippen molar-refractivity contribution in [2.45, 2.75) is 64.8 Å². The summed E-state index contributed by atoms with van der Waals surface area (Å²) in [6, 6.07) is 0.809. The third kappa shape index (κ3) is 2.38. The molecular formula is C14H27N. The summed E-state index contributed by atoms with van der Waals surface area (Å²) in [7, 11) is 2.14. The van der Waals surface area contributed by atoms with Gasteiger partial charge in [-0.15, -0.1) is 0 Å². The van der Waals surface area contributed by atoms with Crippen LogP contribution in [0.4, 0.5) is 0 Å². The molecule has 0 amide bonds. The van der Waals surface area contributed by atoms with E-state index in [0.29, 0.717) is 5.41 Å². The molecule has 1 N–H and O–H groups in total. The Balaban J connectivity index is 1.85. The van der Waals surface area contributed by atoms with Gasteiger partial charge in [0.25, 0.3) is 0 Å². The molecule has 3 unspecified atom stereocenters. The molecule has 2 fully saturated rings. The Morgan fingerprint density at radius 1 is 1.20 bits per heavy atom. The summed E-state index contributed by atoms with van der Waals surface area (Å²) in [6.07, 6.45) is 10.3. The van der Waals surface area contributed by atoms with E-state index in [1.54, 1.807) is 0 Å². The van der Waals surface area contributed by atoms with Crippen molar-refractivity contribution in [2.75, 3.05) is 7.05 Å². The second-order valence-corrected chi connectivity index (χ2v) is 6.36. The maximum Gasteiger partial charge on any atom is 0.0118 e. The monoisotopic (exact) mass is 209 g/mol. The highest BCUT2D eigenvalue weighted by atomic mass is 14.9. The maximum atomic E-state index is 3.51. The molecule has 0 aromatic heterocycles. The predicted molar refractivity (Wildman–Crippen MR) is 65.9 cm³/mol. The predicted octanol–water partition coefficient (Wildman–Crippen LogP) is 3.59. The molecule has 3 atom stereocenters. The van der Waals surface area contributed by atoms with Crippen LogP contribution in [0.3, 0.4) is 0 Å². The SMILES string of the molecule is CNC1C(C)CC1CC1(C)CCCCC1. The van der Waals surface area contributed by atoms with Gasteiger partial charge in [-0.05, 0) is 50.0 Å². The van der Waals surface area contributed by atoms with E-state index in [1.165, 1.54) is 44.9 Å². The first-order valence-electron chi connectivity index (χ1n) is 6.82. The van der Waals surface area contributed by atoms with Crippen molar-refractivity contribution in [1.82, 2.24) is 5.32 Å². The topological polar surface area (TPSA) is 12.0 Å². The van der Waals surface area contributed by atoms with Crippen LogP contribution in [0.2, 0.25) is 0 Å². The molecule has 1 heteroatoms. The number of rotatable bonds is 3. The molecule has 2 saturated carbocycles. The Kier molecular flexibility index (Phi) is 3.39. The van der Waals surface area contributed by atoms with Crippen molar-refractivity contribution < 1.29 is 0 Å². The summed E-state index contributed by atoms with van der Waals surface area (Å²) >= 11 is 0. The first-order valence-corrected chi connectivity index (χ1v) is 6.82. The van der Waals surface area contributed by atoms with Gasteiger partial charge in [0, 0.05) is 6.04 Å². The lowest BCUT2D eigenvalue weighted by molar-refractivity contribution is 0.0587. The molecular weight excluding hydrogens is 182 g/mol. The lowest BCUT2D eigenvalue weighted by Gasteiger charge is -2.48. The molecule has 0 bridgehead atoms. The number of hydrogen-bond acceptors (Lipinski definition) is 1. The summed E-state index contributed by atoms with van der Waals surface area (Å²) in [4.78, 5) is 0. The van der Waals surface area contributed by atoms with Gasteiger partial charge in [0.2, 0.25) is 0 Å². The van der Waals surface area contributed by atoms with Gasteiger partial charge in [-0.25, -0.2) is 0 Å². The fourth-order valence-electron chi connectivity index (χ4n) is 4.01. The second-order valence-electron chi connectivity index (χ2n) is 6.36. The lowest BCUT2D eigenvalue weighted by atomic mass is 9.61. The summed E-state index contributed by atoms with van der Waals surface area (Å²) in [5, 5.41) is 3.51. The lowest BCUT2D eigenvalue weighted by Crippen LogP contribution is -2.50. The molecule has 1 nitrogen and oxygen atoms in total. The van der Waals surface area contributed by atoms with E-state index in [1.807, 2.05) is 0 Å². The van der Waals surface area contributed by atoms with Crippen LogP contribution in [0.5, 0.6) is 0 Å². The second kappa shape index (κ2) is 4.45. The van der Waals surface area contributed by atoms with Crippen LogP contribution in [0.25, 0.3) is 0 Å². The number of hydrogen-bond donors (Lipinski definition) is 1. The summed E-state index contributed by atoms with van der Waals surface area (Å²) < 4.78 is 0. The smallest absolute Gasteiger partial charge is 0.0118 e. The third-order valence-electron chi connectivity index (χ3n) is 4.94. The van der Waals surface area contributed by atoms with Crippen LogP contribution in [0, 0.1) is 17.3 Å². The average molecular weight is 209 g/mol. The quantitative estimate of drug-likeness (QED) is 0.749.